The summed E-state index contributed by atoms with van der Waals surface area (Å²) in [4.78, 5) is 22.0. The van der Waals surface area contributed by atoms with Crippen LogP contribution in [0.25, 0.3) is 0 Å². The van der Waals surface area contributed by atoms with Gasteiger partial charge in [-0.3, -0.25) is 4.79 Å². The van der Waals surface area contributed by atoms with E-state index in [2.05, 4.69) is 5.32 Å². The van der Waals surface area contributed by atoms with Crippen LogP contribution in [0.4, 0.5) is 0 Å². The Morgan fingerprint density at radius 2 is 1.88 bits per heavy atom. The zero-order chi connectivity index (χ0) is 12.7. The van der Waals surface area contributed by atoms with Gasteiger partial charge in [0.1, 0.15) is 0 Å². The normalized spacial score (nSPS) is 14.6. The molecule has 0 aromatic rings. The van der Waals surface area contributed by atoms with Gasteiger partial charge in [0.25, 0.3) is 0 Å². The van der Waals surface area contributed by atoms with Crippen molar-refractivity contribution in [2.75, 3.05) is 13.7 Å². The molecule has 16 heavy (non-hydrogen) atoms. The van der Waals surface area contributed by atoms with Crippen molar-refractivity contribution < 1.29 is 19.4 Å². The first-order chi connectivity index (χ1) is 7.38. The maximum Gasteiger partial charge on any atom is 0.334 e. The average Bonchev–Trinajstić information content (AvgIpc) is 2.17. The minimum atomic E-state index is -1.07. The van der Waals surface area contributed by atoms with Gasteiger partial charge >= 0.3 is 5.97 Å². The maximum absolute atomic E-state index is 11.4. The molecular formula is C11H21NO4. The number of aliphatic carboxylic acids is 1. The van der Waals surface area contributed by atoms with E-state index >= 15 is 0 Å². The second-order valence-electron chi connectivity index (χ2n) is 4.29. The van der Waals surface area contributed by atoms with E-state index in [1.165, 1.54) is 7.11 Å². The summed E-state index contributed by atoms with van der Waals surface area (Å²) in [5.41, 5.74) is 0. The molecule has 0 spiro atoms. The number of carbonyl (C=O) groups is 2. The number of methoxy groups -OCH3 is 1. The quantitative estimate of drug-likeness (QED) is 0.682. The van der Waals surface area contributed by atoms with Crippen LogP contribution in [0.2, 0.25) is 0 Å². The third kappa shape index (κ3) is 5.70. The first kappa shape index (κ1) is 14.9. The number of rotatable bonds is 7. The molecule has 2 N–H and O–H groups in total. The van der Waals surface area contributed by atoms with Gasteiger partial charge in [-0.25, -0.2) is 4.79 Å². The summed E-state index contributed by atoms with van der Waals surface area (Å²) in [6.07, 6.45) is -0.563. The summed E-state index contributed by atoms with van der Waals surface area (Å²) in [6.45, 7) is 6.10. The number of nitrogens with one attached hydrogen (secondary N) is 1. The molecule has 0 aliphatic heterocycles. The molecular weight excluding hydrogens is 210 g/mol. The van der Waals surface area contributed by atoms with E-state index in [9.17, 15) is 9.59 Å². The molecule has 0 saturated heterocycles. The van der Waals surface area contributed by atoms with Crippen LogP contribution >= 0.6 is 0 Å². The molecule has 0 bridgehead atoms. The molecule has 0 aliphatic rings. The number of carbonyl (C=O) groups excluding carboxylic acids is 1. The molecule has 0 aromatic heterocycles. The molecule has 0 saturated carbocycles. The van der Waals surface area contributed by atoms with Gasteiger partial charge in [0.2, 0.25) is 5.91 Å². The molecule has 0 aromatic carbocycles. The fraction of sp³-hybridized carbons (Fsp3) is 0.818. The Morgan fingerprint density at radius 3 is 2.25 bits per heavy atom. The summed E-state index contributed by atoms with van der Waals surface area (Å²) in [6, 6.07) is 0. The van der Waals surface area contributed by atoms with Crippen molar-refractivity contribution in [1.82, 2.24) is 5.32 Å². The van der Waals surface area contributed by atoms with Crippen LogP contribution in [0.5, 0.6) is 0 Å². The first-order valence-electron chi connectivity index (χ1n) is 5.40. The number of carboxylic acids is 1. The van der Waals surface area contributed by atoms with Crippen LogP contribution in [0.3, 0.4) is 0 Å². The Morgan fingerprint density at radius 1 is 1.31 bits per heavy atom. The van der Waals surface area contributed by atoms with Gasteiger partial charge in [0, 0.05) is 13.5 Å². The Labute approximate surface area is 96.2 Å². The van der Waals surface area contributed by atoms with Crippen LogP contribution in [0.1, 0.15) is 27.2 Å². The second-order valence-corrected chi connectivity index (χ2v) is 4.29. The molecule has 0 rings (SSSR count). The standard InChI is InChI=1S/C11H21NO4/c1-7(2)8(3)5-10(13)12-6-9(16-4)11(14)15/h7-9H,5-6H2,1-4H3,(H,12,13)(H,14,15). The fourth-order valence-electron chi connectivity index (χ4n) is 1.08. The lowest BCUT2D eigenvalue weighted by Gasteiger charge is -2.16. The lowest BCUT2D eigenvalue weighted by molar-refractivity contribution is -0.148. The summed E-state index contributed by atoms with van der Waals surface area (Å²) in [5.74, 6) is -0.488. The SMILES string of the molecule is COC(CNC(=O)CC(C)C(C)C)C(=O)O. The number of amides is 1. The molecule has 0 radical (unpaired) electrons. The lowest BCUT2D eigenvalue weighted by Crippen LogP contribution is -2.38. The van der Waals surface area contributed by atoms with Crippen molar-refractivity contribution in [3.05, 3.63) is 0 Å². The number of carboxylic acid groups (broad SMARTS) is 1. The molecule has 0 aliphatic carbocycles. The second kappa shape index (κ2) is 7.22. The van der Waals surface area contributed by atoms with Crippen LogP contribution in [0, 0.1) is 11.8 Å². The van der Waals surface area contributed by atoms with Crippen molar-refractivity contribution in [2.24, 2.45) is 11.8 Å². The number of ether oxygens (including phenoxy) is 1. The zero-order valence-corrected chi connectivity index (χ0v) is 10.3. The molecule has 2 atom stereocenters. The van der Waals surface area contributed by atoms with Crippen LogP contribution < -0.4 is 5.32 Å². The van der Waals surface area contributed by atoms with Gasteiger partial charge in [-0.05, 0) is 11.8 Å². The fourth-order valence-corrected chi connectivity index (χ4v) is 1.08. The van der Waals surface area contributed by atoms with Crippen molar-refractivity contribution in [2.45, 2.75) is 33.3 Å². The van der Waals surface area contributed by atoms with Gasteiger partial charge in [-0.15, -0.1) is 0 Å². The molecule has 0 fully saturated rings. The van der Waals surface area contributed by atoms with E-state index in [4.69, 9.17) is 9.84 Å². The van der Waals surface area contributed by atoms with E-state index in [1.807, 2.05) is 20.8 Å². The average molecular weight is 231 g/mol. The Hall–Kier alpha value is -1.10. The zero-order valence-electron chi connectivity index (χ0n) is 10.3. The highest BCUT2D eigenvalue weighted by molar-refractivity contribution is 5.78. The molecule has 5 heteroatoms. The molecule has 0 heterocycles. The number of hydrogen-bond donors (Lipinski definition) is 2. The summed E-state index contributed by atoms with van der Waals surface area (Å²) in [7, 11) is 1.31. The predicted octanol–water partition coefficient (Wildman–Crippen LogP) is 0.884. The van der Waals surface area contributed by atoms with Crippen LogP contribution in [-0.2, 0) is 14.3 Å². The van der Waals surface area contributed by atoms with Crippen molar-refractivity contribution in [1.29, 1.82) is 0 Å². The van der Waals surface area contributed by atoms with Gasteiger partial charge in [0.15, 0.2) is 6.10 Å². The highest BCUT2D eigenvalue weighted by Gasteiger charge is 2.18. The van der Waals surface area contributed by atoms with E-state index in [0.717, 1.165) is 0 Å². The third-order valence-corrected chi connectivity index (χ3v) is 2.69. The van der Waals surface area contributed by atoms with E-state index in [1.54, 1.807) is 0 Å². The van der Waals surface area contributed by atoms with E-state index in [0.29, 0.717) is 12.3 Å². The number of hydrogen-bond acceptors (Lipinski definition) is 3. The molecule has 1 amide bonds. The molecule has 94 valence electrons. The summed E-state index contributed by atoms with van der Waals surface area (Å²) < 4.78 is 4.70. The monoisotopic (exact) mass is 231 g/mol. The maximum atomic E-state index is 11.4. The summed E-state index contributed by atoms with van der Waals surface area (Å²) >= 11 is 0. The van der Waals surface area contributed by atoms with Gasteiger partial charge in [-0.1, -0.05) is 20.8 Å². The lowest BCUT2D eigenvalue weighted by atomic mass is 9.94. The van der Waals surface area contributed by atoms with Crippen molar-refractivity contribution in [3.8, 4) is 0 Å². The molecule has 2 unspecified atom stereocenters. The third-order valence-electron chi connectivity index (χ3n) is 2.69. The van der Waals surface area contributed by atoms with Crippen LogP contribution in [0.15, 0.2) is 0 Å². The Balaban J connectivity index is 3.93. The minimum Gasteiger partial charge on any atom is -0.479 e. The first-order valence-corrected chi connectivity index (χ1v) is 5.40. The highest BCUT2D eigenvalue weighted by atomic mass is 16.5. The van der Waals surface area contributed by atoms with Gasteiger partial charge in [-0.2, -0.15) is 0 Å². The van der Waals surface area contributed by atoms with E-state index < -0.39 is 12.1 Å². The minimum absolute atomic E-state index is 0.00941. The smallest absolute Gasteiger partial charge is 0.334 e. The Bertz CT molecular complexity index is 240. The van der Waals surface area contributed by atoms with Crippen LogP contribution in [-0.4, -0.2) is 36.7 Å². The largest absolute Gasteiger partial charge is 0.479 e. The van der Waals surface area contributed by atoms with Gasteiger partial charge in [0.05, 0.1) is 6.54 Å². The topological polar surface area (TPSA) is 75.6 Å². The molecule has 5 nitrogen and oxygen atoms in total. The van der Waals surface area contributed by atoms with E-state index in [-0.39, 0.29) is 18.4 Å². The summed E-state index contributed by atoms with van der Waals surface area (Å²) in [5, 5.41) is 11.2. The Kier molecular flexibility index (Phi) is 6.72. The predicted molar refractivity (Wildman–Crippen MR) is 60.1 cm³/mol. The highest BCUT2D eigenvalue weighted by Crippen LogP contribution is 2.13. The van der Waals surface area contributed by atoms with Crippen molar-refractivity contribution >= 4 is 11.9 Å². The van der Waals surface area contributed by atoms with Gasteiger partial charge < -0.3 is 15.2 Å². The van der Waals surface area contributed by atoms with Crippen molar-refractivity contribution in [3.63, 3.8) is 0 Å².